The lowest BCUT2D eigenvalue weighted by molar-refractivity contribution is -0.384. The zero-order valence-electron chi connectivity index (χ0n) is 23.4. The Balaban J connectivity index is 1.07. The molecule has 9 heteroatoms. The molecule has 0 spiro atoms. The lowest BCUT2D eigenvalue weighted by atomic mass is 9.74. The lowest BCUT2D eigenvalue weighted by Gasteiger charge is -2.48. The number of hydrogen-bond acceptors (Lipinski definition) is 7. The number of rotatable bonds is 7. The van der Waals surface area contributed by atoms with Crippen LogP contribution in [0.25, 0.3) is 0 Å². The quantitative estimate of drug-likeness (QED) is 0.365. The number of benzene rings is 2. The van der Waals surface area contributed by atoms with Crippen LogP contribution in [0.1, 0.15) is 44.6 Å². The molecule has 3 heterocycles. The summed E-state index contributed by atoms with van der Waals surface area (Å²) in [4.78, 5) is 31.3. The van der Waals surface area contributed by atoms with E-state index in [2.05, 4.69) is 33.8 Å². The van der Waals surface area contributed by atoms with E-state index in [-0.39, 0.29) is 16.5 Å². The maximum Gasteiger partial charge on any atom is 0.269 e. The maximum absolute atomic E-state index is 13.8. The van der Waals surface area contributed by atoms with Crippen LogP contribution in [-0.2, 0) is 11.2 Å². The molecule has 3 fully saturated rings. The van der Waals surface area contributed by atoms with Crippen molar-refractivity contribution in [3.05, 3.63) is 58.1 Å². The second-order valence-electron chi connectivity index (χ2n) is 12.1. The van der Waals surface area contributed by atoms with Crippen molar-refractivity contribution >= 4 is 17.3 Å². The van der Waals surface area contributed by atoms with Crippen molar-refractivity contribution in [3.8, 4) is 11.5 Å². The van der Waals surface area contributed by atoms with Gasteiger partial charge in [-0.1, -0.05) is 25.8 Å². The summed E-state index contributed by atoms with van der Waals surface area (Å²) in [7, 11) is 0. The Morgan fingerprint density at radius 1 is 1.02 bits per heavy atom. The number of anilines is 1. The second kappa shape index (κ2) is 11.6. The Hall–Kier alpha value is -3.33. The number of hydrogen-bond donors (Lipinski definition) is 0. The van der Waals surface area contributed by atoms with Gasteiger partial charge in [-0.2, -0.15) is 0 Å². The Kier molecular flexibility index (Phi) is 7.82. The van der Waals surface area contributed by atoms with Crippen LogP contribution in [0.2, 0.25) is 0 Å². The van der Waals surface area contributed by atoms with E-state index in [0.717, 1.165) is 56.2 Å². The van der Waals surface area contributed by atoms with Crippen LogP contribution < -0.4 is 14.4 Å². The van der Waals surface area contributed by atoms with Crippen LogP contribution in [0, 0.1) is 27.9 Å². The summed E-state index contributed by atoms with van der Waals surface area (Å²) in [6, 6.07) is 13.6. The molecule has 2 aromatic carbocycles. The third-order valence-electron chi connectivity index (χ3n) is 9.31. The van der Waals surface area contributed by atoms with Gasteiger partial charge in [-0.3, -0.25) is 19.8 Å². The van der Waals surface area contributed by atoms with E-state index in [0.29, 0.717) is 43.7 Å². The molecule has 3 aliphatic heterocycles. The van der Waals surface area contributed by atoms with Crippen LogP contribution >= 0.6 is 0 Å². The highest BCUT2D eigenvalue weighted by atomic mass is 16.7. The number of nitrogens with zero attached hydrogens (tertiary/aromatic N) is 4. The van der Waals surface area contributed by atoms with Gasteiger partial charge in [-0.15, -0.1) is 0 Å². The molecular weight excluding hydrogens is 508 g/mol. The number of non-ortho nitro benzene ring substituents is 1. The van der Waals surface area contributed by atoms with Gasteiger partial charge in [0.1, 0.15) is 0 Å². The monoisotopic (exact) mass is 548 g/mol. The number of likely N-dealkylation sites (tertiary alicyclic amines) is 1. The van der Waals surface area contributed by atoms with E-state index in [1.807, 2.05) is 18.2 Å². The summed E-state index contributed by atoms with van der Waals surface area (Å²) < 4.78 is 11.1. The molecule has 0 aromatic heterocycles. The Labute approximate surface area is 236 Å². The largest absolute Gasteiger partial charge is 0.454 e. The van der Waals surface area contributed by atoms with Crippen molar-refractivity contribution in [2.75, 3.05) is 51.0 Å². The van der Waals surface area contributed by atoms with Crippen molar-refractivity contribution in [2.24, 2.45) is 17.8 Å². The first-order chi connectivity index (χ1) is 19.4. The summed E-state index contributed by atoms with van der Waals surface area (Å²) in [6.07, 6.45) is 7.03. The molecule has 2 saturated heterocycles. The number of piperazine rings is 1. The number of ether oxygens (including phenoxy) is 2. The summed E-state index contributed by atoms with van der Waals surface area (Å²) in [6.45, 7) is 7.37. The van der Waals surface area contributed by atoms with E-state index < -0.39 is 0 Å². The van der Waals surface area contributed by atoms with E-state index >= 15 is 0 Å². The normalized spacial score (nSPS) is 25.4. The maximum atomic E-state index is 13.8. The average molecular weight is 549 g/mol. The van der Waals surface area contributed by atoms with E-state index in [1.165, 1.54) is 31.2 Å². The Morgan fingerprint density at radius 2 is 1.77 bits per heavy atom. The van der Waals surface area contributed by atoms with Crippen molar-refractivity contribution < 1.29 is 19.2 Å². The predicted octanol–water partition coefficient (Wildman–Crippen LogP) is 4.73. The first-order valence-corrected chi connectivity index (χ1v) is 14.9. The minimum atomic E-state index is -0.372. The predicted molar refractivity (Wildman–Crippen MR) is 153 cm³/mol. The van der Waals surface area contributed by atoms with Crippen molar-refractivity contribution in [3.63, 3.8) is 0 Å². The van der Waals surface area contributed by atoms with Gasteiger partial charge in [0.25, 0.3) is 5.69 Å². The van der Waals surface area contributed by atoms with Crippen LogP contribution in [0.15, 0.2) is 42.5 Å². The van der Waals surface area contributed by atoms with Gasteiger partial charge in [0.05, 0.1) is 10.8 Å². The number of carbonyl (C=O) groups excluding carboxylic acids is 1. The third kappa shape index (κ3) is 5.75. The molecule has 214 valence electrons. The molecule has 0 bridgehead atoms. The summed E-state index contributed by atoms with van der Waals surface area (Å²) in [5.74, 6) is 3.11. The fraction of sp³-hybridized carbons (Fsp3) is 0.581. The SMILES string of the molecule is CC(Cc1ccc2c(c1)OCO2)CN1C[C@@H](C(=O)N2CCN(c3ccc([N+](=O)[O-])cc3)CC2)C[C@@H]2CCCC[C@H]21. The van der Waals surface area contributed by atoms with Crippen molar-refractivity contribution in [1.29, 1.82) is 0 Å². The van der Waals surface area contributed by atoms with Crippen molar-refractivity contribution in [2.45, 2.75) is 51.5 Å². The highest BCUT2D eigenvalue weighted by Gasteiger charge is 2.41. The molecule has 2 aromatic rings. The van der Waals surface area contributed by atoms with Gasteiger partial charge < -0.3 is 19.3 Å². The van der Waals surface area contributed by atoms with Gasteiger partial charge in [0.2, 0.25) is 12.7 Å². The molecule has 9 nitrogen and oxygen atoms in total. The Bertz CT molecular complexity index is 1210. The minimum absolute atomic E-state index is 0.0584. The van der Waals surface area contributed by atoms with E-state index in [4.69, 9.17) is 9.47 Å². The van der Waals surface area contributed by atoms with Gasteiger partial charge in [-0.25, -0.2) is 0 Å². The molecule has 0 N–H and O–H groups in total. The summed E-state index contributed by atoms with van der Waals surface area (Å²) in [5, 5.41) is 11.0. The number of amides is 1. The number of piperidine rings is 1. The van der Waals surface area contributed by atoms with Crippen LogP contribution in [0.5, 0.6) is 11.5 Å². The van der Waals surface area contributed by atoms with Gasteiger partial charge in [-0.05, 0) is 67.3 Å². The summed E-state index contributed by atoms with van der Waals surface area (Å²) >= 11 is 0. The molecule has 0 radical (unpaired) electrons. The zero-order valence-corrected chi connectivity index (χ0v) is 23.4. The summed E-state index contributed by atoms with van der Waals surface area (Å²) in [5.41, 5.74) is 2.35. The van der Waals surface area contributed by atoms with Crippen molar-refractivity contribution in [1.82, 2.24) is 9.80 Å². The van der Waals surface area contributed by atoms with Gasteiger partial charge in [0.15, 0.2) is 11.5 Å². The molecule has 1 saturated carbocycles. The highest BCUT2D eigenvalue weighted by Crippen LogP contribution is 2.39. The molecule has 1 amide bonds. The second-order valence-corrected chi connectivity index (χ2v) is 12.1. The van der Waals surface area contributed by atoms with Gasteiger partial charge >= 0.3 is 0 Å². The third-order valence-corrected chi connectivity index (χ3v) is 9.31. The van der Waals surface area contributed by atoms with Crippen LogP contribution in [0.4, 0.5) is 11.4 Å². The zero-order chi connectivity index (χ0) is 27.6. The number of fused-ring (bicyclic) bond motifs is 2. The average Bonchev–Trinajstić information content (AvgIpc) is 3.45. The van der Waals surface area contributed by atoms with Gasteiger partial charge in [0, 0.05) is 63.1 Å². The topological polar surface area (TPSA) is 88.4 Å². The first-order valence-electron chi connectivity index (χ1n) is 14.9. The minimum Gasteiger partial charge on any atom is -0.454 e. The van der Waals surface area contributed by atoms with Crippen LogP contribution in [-0.4, -0.2) is 72.7 Å². The fourth-order valence-corrected chi connectivity index (χ4v) is 7.35. The highest BCUT2D eigenvalue weighted by molar-refractivity contribution is 5.79. The molecular formula is C31H40N4O5. The van der Waals surface area contributed by atoms with E-state index in [1.54, 1.807) is 12.1 Å². The van der Waals surface area contributed by atoms with E-state index in [9.17, 15) is 14.9 Å². The molecule has 1 aliphatic carbocycles. The fourth-order valence-electron chi connectivity index (χ4n) is 7.35. The smallest absolute Gasteiger partial charge is 0.269 e. The molecule has 1 unspecified atom stereocenters. The molecule has 4 aliphatic rings. The number of nitro groups is 1. The first kappa shape index (κ1) is 26.9. The Morgan fingerprint density at radius 3 is 2.55 bits per heavy atom. The molecule has 6 rings (SSSR count). The number of carbonyl (C=O) groups is 1. The standard InChI is InChI=1S/C31H40N4O5/c1-22(16-23-6-11-29-30(17-23)40-21-39-29)19-34-20-25(18-24-4-2-3-5-28(24)34)31(36)33-14-12-32(13-15-33)26-7-9-27(10-8-26)35(37)38/h6-11,17,22,24-25,28H,2-5,12-16,18-21H2,1H3/t22?,24-,25-,28+/m0/s1. The van der Waals surface area contributed by atoms with Crippen LogP contribution in [0.3, 0.4) is 0 Å². The lowest BCUT2D eigenvalue weighted by Crippen LogP contribution is -2.57. The molecule has 4 atom stereocenters. The number of nitro benzene ring substituents is 1. The molecule has 40 heavy (non-hydrogen) atoms.